The number of anilines is 1. The fourth-order valence-corrected chi connectivity index (χ4v) is 4.05. The van der Waals surface area contributed by atoms with Gasteiger partial charge in [-0.05, 0) is 36.4 Å². The van der Waals surface area contributed by atoms with Crippen LogP contribution in [0.2, 0.25) is 0 Å². The van der Waals surface area contributed by atoms with Crippen LogP contribution in [0.4, 0.5) is 5.69 Å². The smallest absolute Gasteiger partial charge is 0.155 e. The van der Waals surface area contributed by atoms with Crippen LogP contribution in [0, 0.1) is 11.3 Å². The summed E-state index contributed by atoms with van der Waals surface area (Å²) >= 11 is 3.02. The number of nitrogen functional groups attached to an aromatic ring is 1. The molecule has 3 rings (SSSR count). The molecule has 2 aromatic carbocycles. The van der Waals surface area contributed by atoms with Crippen molar-refractivity contribution in [3.05, 3.63) is 42.0 Å². The van der Waals surface area contributed by atoms with Gasteiger partial charge >= 0.3 is 0 Å². The first kappa shape index (κ1) is 13.7. The molecule has 0 atom stereocenters. The van der Waals surface area contributed by atoms with E-state index in [0.29, 0.717) is 5.56 Å². The van der Waals surface area contributed by atoms with Crippen molar-refractivity contribution in [3.8, 4) is 11.8 Å². The number of ether oxygens (including phenoxy) is 1. The maximum Gasteiger partial charge on any atom is 0.155 e. The summed E-state index contributed by atoms with van der Waals surface area (Å²) in [5, 5.41) is 9.20. The highest BCUT2D eigenvalue weighted by Crippen LogP contribution is 2.37. The van der Waals surface area contributed by atoms with Gasteiger partial charge in [-0.1, -0.05) is 11.8 Å². The zero-order chi connectivity index (χ0) is 14.8. The molecule has 0 unspecified atom stereocenters. The summed E-state index contributed by atoms with van der Waals surface area (Å²) in [4.78, 5) is 5.39. The Morgan fingerprint density at radius 2 is 2.14 bits per heavy atom. The van der Waals surface area contributed by atoms with Crippen molar-refractivity contribution in [2.75, 3.05) is 12.8 Å². The second-order valence-electron chi connectivity index (χ2n) is 4.28. The van der Waals surface area contributed by atoms with Crippen LogP contribution in [0.1, 0.15) is 5.56 Å². The van der Waals surface area contributed by atoms with Gasteiger partial charge in [-0.2, -0.15) is 5.26 Å². The monoisotopic (exact) mass is 313 g/mol. The maximum absolute atomic E-state index is 9.20. The molecule has 104 valence electrons. The third-order valence-electron chi connectivity index (χ3n) is 2.90. The molecule has 1 heterocycles. The van der Waals surface area contributed by atoms with Crippen molar-refractivity contribution >= 4 is 39.0 Å². The van der Waals surface area contributed by atoms with Crippen LogP contribution >= 0.6 is 23.1 Å². The summed E-state index contributed by atoms with van der Waals surface area (Å²) in [5.74, 6) is 0.724. The quantitative estimate of drug-likeness (QED) is 0.742. The average molecular weight is 313 g/mol. The van der Waals surface area contributed by atoms with Crippen molar-refractivity contribution in [2.24, 2.45) is 0 Å². The van der Waals surface area contributed by atoms with Crippen molar-refractivity contribution < 1.29 is 4.74 Å². The summed E-state index contributed by atoms with van der Waals surface area (Å²) in [6.07, 6.45) is 0. The number of hydrogen-bond donors (Lipinski definition) is 1. The van der Waals surface area contributed by atoms with Gasteiger partial charge in [0.05, 0.1) is 22.9 Å². The van der Waals surface area contributed by atoms with Crippen LogP contribution < -0.4 is 10.5 Å². The summed E-state index contributed by atoms with van der Waals surface area (Å²) in [7, 11) is 1.61. The normalized spacial score (nSPS) is 10.5. The number of fused-ring (bicyclic) bond motifs is 1. The Balaban J connectivity index is 2.00. The van der Waals surface area contributed by atoms with Crippen LogP contribution in [0.5, 0.6) is 5.75 Å². The van der Waals surface area contributed by atoms with Gasteiger partial charge in [0.25, 0.3) is 0 Å². The lowest BCUT2D eigenvalue weighted by Gasteiger charge is -2.04. The van der Waals surface area contributed by atoms with E-state index in [0.717, 1.165) is 30.9 Å². The zero-order valence-corrected chi connectivity index (χ0v) is 12.8. The van der Waals surface area contributed by atoms with Crippen LogP contribution in [0.3, 0.4) is 0 Å². The largest absolute Gasteiger partial charge is 0.497 e. The number of rotatable bonds is 3. The first-order chi connectivity index (χ1) is 10.2. The van der Waals surface area contributed by atoms with E-state index in [1.54, 1.807) is 30.6 Å². The molecule has 21 heavy (non-hydrogen) atoms. The molecule has 6 heteroatoms. The van der Waals surface area contributed by atoms with Crippen molar-refractivity contribution in [1.29, 1.82) is 5.26 Å². The highest BCUT2D eigenvalue weighted by Gasteiger charge is 2.10. The van der Waals surface area contributed by atoms with Crippen LogP contribution in [-0.2, 0) is 0 Å². The van der Waals surface area contributed by atoms with Gasteiger partial charge in [0, 0.05) is 10.6 Å². The van der Waals surface area contributed by atoms with E-state index < -0.39 is 0 Å². The lowest BCUT2D eigenvalue weighted by molar-refractivity contribution is 0.413. The van der Waals surface area contributed by atoms with Crippen molar-refractivity contribution in [1.82, 2.24) is 4.98 Å². The number of aromatic nitrogens is 1. The molecular formula is C15H11N3OS2. The predicted molar refractivity (Wildman–Crippen MR) is 85.9 cm³/mol. The van der Waals surface area contributed by atoms with E-state index in [4.69, 9.17) is 10.5 Å². The molecule has 0 saturated heterocycles. The number of methoxy groups -OCH3 is 1. The number of nitrogens with zero attached hydrogens (tertiary/aromatic N) is 2. The minimum Gasteiger partial charge on any atom is -0.497 e. The molecular weight excluding hydrogens is 302 g/mol. The molecule has 0 amide bonds. The number of nitriles is 1. The Morgan fingerprint density at radius 3 is 2.90 bits per heavy atom. The standard InChI is InChI=1S/C15H11N3OS2/c1-19-11-4-2-9(8-16)13(7-11)20-15-18-12-5-3-10(17)6-14(12)21-15/h2-7H,17H2,1H3. The predicted octanol–water partition coefficient (Wildman–Crippen LogP) is 3.91. The highest BCUT2D eigenvalue weighted by atomic mass is 32.2. The second kappa shape index (κ2) is 5.64. The summed E-state index contributed by atoms with van der Waals surface area (Å²) < 4.78 is 7.13. The Bertz CT molecular complexity index is 852. The summed E-state index contributed by atoms with van der Waals surface area (Å²) in [6.45, 7) is 0. The number of nitrogens with two attached hydrogens (primary N) is 1. The lowest BCUT2D eigenvalue weighted by atomic mass is 10.2. The number of thiazole rings is 1. The van der Waals surface area contributed by atoms with Gasteiger partial charge in [-0.25, -0.2) is 4.98 Å². The van der Waals surface area contributed by atoms with Gasteiger partial charge < -0.3 is 10.5 Å². The van der Waals surface area contributed by atoms with Gasteiger partial charge in [-0.3, -0.25) is 0 Å². The minimum atomic E-state index is 0.611. The molecule has 0 aliphatic carbocycles. The zero-order valence-electron chi connectivity index (χ0n) is 11.2. The van der Waals surface area contributed by atoms with Gasteiger partial charge in [0.2, 0.25) is 0 Å². The van der Waals surface area contributed by atoms with Gasteiger partial charge in [-0.15, -0.1) is 11.3 Å². The molecule has 0 radical (unpaired) electrons. The SMILES string of the molecule is COc1ccc(C#N)c(Sc2nc3ccc(N)cc3s2)c1. The van der Waals surface area contributed by atoms with Crippen LogP contribution in [0.25, 0.3) is 10.2 Å². The molecule has 0 bridgehead atoms. The summed E-state index contributed by atoms with van der Waals surface area (Å²) in [5.41, 5.74) is 8.03. The lowest BCUT2D eigenvalue weighted by Crippen LogP contribution is -1.86. The van der Waals surface area contributed by atoms with Crippen molar-refractivity contribution in [2.45, 2.75) is 9.24 Å². The van der Waals surface area contributed by atoms with Crippen molar-refractivity contribution in [3.63, 3.8) is 0 Å². The Kier molecular flexibility index (Phi) is 3.69. The Morgan fingerprint density at radius 1 is 1.29 bits per heavy atom. The summed E-state index contributed by atoms with van der Waals surface area (Å²) in [6, 6.07) is 13.2. The van der Waals surface area contributed by atoms with E-state index >= 15 is 0 Å². The van der Waals surface area contributed by atoms with Gasteiger partial charge in [0.1, 0.15) is 11.8 Å². The van der Waals surface area contributed by atoms with E-state index in [-0.39, 0.29) is 0 Å². The maximum atomic E-state index is 9.20. The van der Waals surface area contributed by atoms with Gasteiger partial charge in [0.15, 0.2) is 4.34 Å². The number of benzene rings is 2. The average Bonchev–Trinajstić information content (AvgIpc) is 2.88. The third-order valence-corrected chi connectivity index (χ3v) is 5.04. The minimum absolute atomic E-state index is 0.611. The fraction of sp³-hybridized carbons (Fsp3) is 0.0667. The van der Waals surface area contributed by atoms with E-state index in [1.165, 1.54) is 11.8 Å². The second-order valence-corrected chi connectivity index (χ2v) is 6.60. The first-order valence-corrected chi connectivity index (χ1v) is 7.75. The molecule has 3 aromatic rings. The van der Waals surface area contributed by atoms with E-state index in [9.17, 15) is 5.26 Å². The van der Waals surface area contributed by atoms with E-state index in [1.807, 2.05) is 24.3 Å². The topological polar surface area (TPSA) is 71.9 Å². The molecule has 0 aliphatic rings. The molecule has 1 aromatic heterocycles. The van der Waals surface area contributed by atoms with Crippen LogP contribution in [0.15, 0.2) is 45.6 Å². The molecule has 4 nitrogen and oxygen atoms in total. The first-order valence-electron chi connectivity index (χ1n) is 6.11. The Labute approximate surface area is 130 Å². The molecule has 0 saturated carbocycles. The number of hydrogen-bond acceptors (Lipinski definition) is 6. The molecule has 0 spiro atoms. The fourth-order valence-electron chi connectivity index (χ4n) is 1.86. The Hall–Kier alpha value is -2.23. The molecule has 0 fully saturated rings. The molecule has 0 aliphatic heterocycles. The van der Waals surface area contributed by atoms with Crippen LogP contribution in [-0.4, -0.2) is 12.1 Å². The van der Waals surface area contributed by atoms with E-state index in [2.05, 4.69) is 11.1 Å². The highest BCUT2D eigenvalue weighted by molar-refractivity contribution is 8.01. The third kappa shape index (κ3) is 2.79. The molecule has 2 N–H and O–H groups in total.